The molecule has 15 heteroatoms. The van der Waals surface area contributed by atoms with Gasteiger partial charge in [-0.05, 0) is 37.1 Å². The van der Waals surface area contributed by atoms with Crippen molar-refractivity contribution in [3.8, 4) is 17.0 Å². The highest BCUT2D eigenvalue weighted by Crippen LogP contribution is 2.41. The maximum absolute atomic E-state index is 13.3. The van der Waals surface area contributed by atoms with Crippen LogP contribution in [0.5, 0.6) is 5.75 Å². The maximum atomic E-state index is 13.3. The van der Waals surface area contributed by atoms with Crippen LogP contribution in [0.1, 0.15) is 28.2 Å². The Balaban J connectivity index is 1.51. The van der Waals surface area contributed by atoms with Gasteiger partial charge in [-0.25, -0.2) is 14.5 Å². The topological polar surface area (TPSA) is 142 Å². The molecule has 2 atom stereocenters. The van der Waals surface area contributed by atoms with Crippen molar-refractivity contribution < 1.29 is 33.3 Å². The Morgan fingerprint density at radius 1 is 1.32 bits per heavy atom. The molecule has 1 fully saturated rings. The van der Waals surface area contributed by atoms with Gasteiger partial charge in [-0.2, -0.15) is 13.9 Å². The second-order valence-corrected chi connectivity index (χ2v) is 10.4. The minimum absolute atomic E-state index is 0.0806. The van der Waals surface area contributed by atoms with Gasteiger partial charge in [0.15, 0.2) is 5.65 Å². The van der Waals surface area contributed by atoms with Gasteiger partial charge >= 0.3 is 6.61 Å². The molecule has 210 valence electrons. The summed E-state index contributed by atoms with van der Waals surface area (Å²) in [6.07, 6.45) is 4.42. The van der Waals surface area contributed by atoms with Crippen LogP contribution >= 0.6 is 22.9 Å². The van der Waals surface area contributed by atoms with Crippen LogP contribution in [0.4, 0.5) is 13.8 Å². The average molecular weight is 593 g/mol. The molecule has 11 nitrogen and oxygen atoms in total. The second-order valence-electron chi connectivity index (χ2n) is 8.93. The van der Waals surface area contributed by atoms with Crippen LogP contribution in [-0.4, -0.2) is 78.4 Å². The Morgan fingerprint density at radius 2 is 2.15 bits per heavy atom. The van der Waals surface area contributed by atoms with Crippen molar-refractivity contribution >= 4 is 45.4 Å². The molecule has 4 heterocycles. The van der Waals surface area contributed by atoms with Gasteiger partial charge in [0.1, 0.15) is 27.0 Å². The fourth-order valence-corrected chi connectivity index (χ4v) is 5.74. The highest BCUT2D eigenvalue weighted by atomic mass is 35.5. The molecule has 0 saturated carbocycles. The van der Waals surface area contributed by atoms with Gasteiger partial charge in [0.05, 0.1) is 31.4 Å². The van der Waals surface area contributed by atoms with Crippen LogP contribution in [0.2, 0.25) is 5.02 Å². The van der Waals surface area contributed by atoms with Gasteiger partial charge in [-0.15, -0.1) is 11.3 Å². The number of aliphatic hydroxyl groups excluding tert-OH is 2. The number of thiazole rings is 1. The molecular weight excluding hydrogens is 570 g/mol. The highest BCUT2D eigenvalue weighted by Gasteiger charge is 2.34. The molecular formula is C25H23ClF2N6O5S. The zero-order valence-electron chi connectivity index (χ0n) is 20.7. The van der Waals surface area contributed by atoms with E-state index in [0.717, 1.165) is 11.3 Å². The normalized spacial score (nSPS) is 16.1. The number of halogens is 3. The van der Waals surface area contributed by atoms with Crippen molar-refractivity contribution in [1.82, 2.24) is 24.5 Å². The number of hydrogen-bond acceptors (Lipinski definition) is 9. The highest BCUT2D eigenvalue weighted by molar-refractivity contribution is 7.16. The number of nitrogens with one attached hydrogen (secondary N) is 1. The predicted octanol–water partition coefficient (Wildman–Crippen LogP) is 3.25. The molecule has 4 aromatic rings. The van der Waals surface area contributed by atoms with E-state index in [2.05, 4.69) is 25.1 Å². The third kappa shape index (κ3) is 5.75. The van der Waals surface area contributed by atoms with E-state index < -0.39 is 31.3 Å². The summed E-state index contributed by atoms with van der Waals surface area (Å²) >= 11 is 7.15. The van der Waals surface area contributed by atoms with E-state index in [1.165, 1.54) is 40.0 Å². The van der Waals surface area contributed by atoms with Gasteiger partial charge in [0.25, 0.3) is 5.91 Å². The molecule has 0 radical (unpaired) electrons. The number of carbonyl (C=O) groups excluding carboxylic acids is 2. The first-order chi connectivity index (χ1) is 19.2. The minimum Gasteiger partial charge on any atom is -0.434 e. The van der Waals surface area contributed by atoms with E-state index in [1.807, 2.05) is 0 Å². The van der Waals surface area contributed by atoms with Gasteiger partial charge < -0.3 is 25.2 Å². The summed E-state index contributed by atoms with van der Waals surface area (Å²) in [7, 11) is 0. The number of benzene rings is 1. The zero-order valence-corrected chi connectivity index (χ0v) is 22.3. The first kappa shape index (κ1) is 27.8. The molecule has 1 aromatic carbocycles. The van der Waals surface area contributed by atoms with E-state index in [1.54, 1.807) is 12.3 Å². The Bertz CT molecular complexity index is 1550. The van der Waals surface area contributed by atoms with E-state index in [9.17, 15) is 28.6 Å². The van der Waals surface area contributed by atoms with Crippen LogP contribution in [0.15, 0.2) is 42.9 Å². The van der Waals surface area contributed by atoms with Crippen molar-refractivity contribution in [2.75, 3.05) is 18.5 Å². The van der Waals surface area contributed by atoms with Crippen LogP contribution in [0, 0.1) is 0 Å². The van der Waals surface area contributed by atoms with E-state index in [4.69, 9.17) is 11.6 Å². The fourth-order valence-electron chi connectivity index (χ4n) is 4.61. The number of nitrogens with zero attached hydrogens (tertiary/aromatic N) is 5. The number of alkyl halides is 2. The Kier molecular flexibility index (Phi) is 8.21. The standard InChI is InChI=1S/C25H23ClF2N6O5S/c26-13-4-5-18(39-25(27)28)14(9-13)21-24(32-23(38)15-11-30-34-8-2-6-29-22(15)34)40-19(31-21)10-20(37)33-7-1-3-16(33)17(36)12-35/h2,4-6,8-9,11,16-17,25,35-36H,1,3,7,10,12H2,(H,32,38). The summed E-state index contributed by atoms with van der Waals surface area (Å²) in [5.74, 6) is -1.14. The molecule has 1 saturated heterocycles. The number of aliphatic hydroxyl groups is 2. The largest absolute Gasteiger partial charge is 0.434 e. The molecule has 1 aliphatic heterocycles. The smallest absolute Gasteiger partial charge is 0.387 e. The molecule has 40 heavy (non-hydrogen) atoms. The monoisotopic (exact) mass is 592 g/mol. The number of amides is 2. The van der Waals surface area contributed by atoms with Crippen LogP contribution in [-0.2, 0) is 11.2 Å². The third-order valence-corrected chi connectivity index (χ3v) is 7.59. The molecule has 2 unspecified atom stereocenters. The lowest BCUT2D eigenvalue weighted by molar-refractivity contribution is -0.133. The summed E-state index contributed by atoms with van der Waals surface area (Å²) in [5.41, 5.74) is 0.627. The average Bonchev–Trinajstić information content (AvgIpc) is 3.67. The summed E-state index contributed by atoms with van der Waals surface area (Å²) < 4.78 is 32.5. The first-order valence-corrected chi connectivity index (χ1v) is 13.4. The van der Waals surface area contributed by atoms with Crippen molar-refractivity contribution in [2.24, 2.45) is 0 Å². The first-order valence-electron chi connectivity index (χ1n) is 12.2. The van der Waals surface area contributed by atoms with Crippen molar-refractivity contribution in [3.63, 3.8) is 0 Å². The Hall–Kier alpha value is -3.72. The summed E-state index contributed by atoms with van der Waals surface area (Å²) in [6, 6.07) is 5.14. The van der Waals surface area contributed by atoms with E-state index in [-0.39, 0.29) is 49.9 Å². The molecule has 1 aliphatic rings. The summed E-state index contributed by atoms with van der Waals surface area (Å²) in [4.78, 5) is 36.6. The number of ether oxygens (including phenoxy) is 1. The number of anilines is 1. The molecule has 0 spiro atoms. The lowest BCUT2D eigenvalue weighted by Gasteiger charge is -2.27. The third-order valence-electron chi connectivity index (χ3n) is 6.39. The summed E-state index contributed by atoms with van der Waals surface area (Å²) in [5, 5.41) is 27.0. The van der Waals surface area contributed by atoms with E-state index >= 15 is 0 Å². The summed E-state index contributed by atoms with van der Waals surface area (Å²) in [6.45, 7) is -3.20. The van der Waals surface area contributed by atoms with Crippen LogP contribution < -0.4 is 10.1 Å². The number of hydrogen-bond donors (Lipinski definition) is 3. The Morgan fingerprint density at radius 3 is 2.92 bits per heavy atom. The zero-order chi connectivity index (χ0) is 28.4. The van der Waals surface area contributed by atoms with Crippen LogP contribution in [0.3, 0.4) is 0 Å². The van der Waals surface area contributed by atoms with Crippen molar-refractivity contribution in [2.45, 2.75) is 38.0 Å². The van der Waals surface area contributed by atoms with Crippen molar-refractivity contribution in [1.29, 1.82) is 0 Å². The SMILES string of the molecule is O=C(Nc1sc(CC(=O)N2CCCC2C(O)CO)nc1-c1cc(Cl)ccc1OC(F)F)c1cnn2cccnc12. The molecule has 2 amide bonds. The lowest BCUT2D eigenvalue weighted by Crippen LogP contribution is -2.44. The van der Waals surface area contributed by atoms with E-state index in [0.29, 0.717) is 25.0 Å². The maximum Gasteiger partial charge on any atom is 0.387 e. The number of aromatic nitrogens is 4. The Labute approximate surface area is 235 Å². The number of likely N-dealkylation sites (tertiary alicyclic amines) is 1. The number of carbonyl (C=O) groups is 2. The predicted molar refractivity (Wildman–Crippen MR) is 142 cm³/mol. The molecule has 0 bridgehead atoms. The van der Waals surface area contributed by atoms with Gasteiger partial charge in [0.2, 0.25) is 5.91 Å². The van der Waals surface area contributed by atoms with Crippen LogP contribution in [0.25, 0.3) is 16.9 Å². The van der Waals surface area contributed by atoms with Gasteiger partial charge in [0, 0.05) is 29.5 Å². The van der Waals surface area contributed by atoms with Gasteiger partial charge in [-0.1, -0.05) is 11.6 Å². The molecule has 3 aromatic heterocycles. The van der Waals surface area contributed by atoms with Crippen molar-refractivity contribution in [3.05, 3.63) is 58.4 Å². The molecule has 0 aliphatic carbocycles. The number of fused-ring (bicyclic) bond motifs is 1. The molecule has 5 rings (SSSR count). The quantitative estimate of drug-likeness (QED) is 0.269. The lowest BCUT2D eigenvalue weighted by atomic mass is 10.1. The number of rotatable bonds is 9. The minimum atomic E-state index is -3.13. The molecule has 3 N–H and O–H groups in total. The fraction of sp³-hybridized carbons (Fsp3) is 0.320. The van der Waals surface area contributed by atoms with Gasteiger partial charge in [-0.3, -0.25) is 9.59 Å². The second kappa shape index (κ2) is 11.8.